The first-order valence-electron chi connectivity index (χ1n) is 9.12. The number of nitrogen functional groups attached to an aromatic ring is 1. The Kier molecular flexibility index (Phi) is 3.87. The van der Waals surface area contributed by atoms with Crippen molar-refractivity contribution in [3.05, 3.63) is 66.2 Å². The van der Waals surface area contributed by atoms with Crippen molar-refractivity contribution in [2.45, 2.75) is 13.8 Å². The number of hydrogen-bond donors (Lipinski definition) is 1. The Hall–Kier alpha value is -4.00. The van der Waals surface area contributed by atoms with E-state index in [-0.39, 0.29) is 5.95 Å². The van der Waals surface area contributed by atoms with Gasteiger partial charge >= 0.3 is 0 Å². The summed E-state index contributed by atoms with van der Waals surface area (Å²) in [7, 11) is 0. The Morgan fingerprint density at radius 1 is 0.828 bits per heavy atom. The van der Waals surface area contributed by atoms with E-state index in [4.69, 9.17) is 14.8 Å². The van der Waals surface area contributed by atoms with Crippen LogP contribution in [0.25, 0.3) is 44.6 Å². The normalized spacial score (nSPS) is 11.2. The topological polar surface area (TPSA) is 104 Å². The second kappa shape index (κ2) is 6.56. The van der Waals surface area contributed by atoms with Gasteiger partial charge in [0.1, 0.15) is 11.3 Å². The fourth-order valence-electron chi connectivity index (χ4n) is 3.53. The highest BCUT2D eigenvalue weighted by molar-refractivity contribution is 5.94. The van der Waals surface area contributed by atoms with Crippen molar-refractivity contribution < 1.29 is 9.05 Å². The fourth-order valence-corrected chi connectivity index (χ4v) is 3.53. The van der Waals surface area contributed by atoms with Crippen LogP contribution in [0.2, 0.25) is 0 Å². The van der Waals surface area contributed by atoms with Crippen LogP contribution in [0.4, 0.5) is 5.95 Å². The summed E-state index contributed by atoms with van der Waals surface area (Å²) < 4.78 is 10.9. The summed E-state index contributed by atoms with van der Waals surface area (Å²) in [6.45, 7) is 3.85. The average Bonchev–Trinajstić information content (AvgIpc) is 3.30. The molecule has 2 N–H and O–H groups in total. The number of nitrogens with two attached hydrogens (primary N) is 1. The van der Waals surface area contributed by atoms with E-state index < -0.39 is 0 Å². The monoisotopic (exact) mass is 383 g/mol. The predicted molar refractivity (Wildman–Crippen MR) is 110 cm³/mol. The highest BCUT2D eigenvalue weighted by atomic mass is 16.5. The van der Waals surface area contributed by atoms with Crippen molar-refractivity contribution in [2.75, 3.05) is 5.73 Å². The van der Waals surface area contributed by atoms with Gasteiger partial charge in [0.25, 0.3) is 0 Å². The van der Waals surface area contributed by atoms with Gasteiger partial charge in [0, 0.05) is 22.9 Å². The molecule has 0 spiro atoms. The molecule has 3 heterocycles. The third kappa shape index (κ3) is 2.93. The average molecular weight is 383 g/mol. The highest BCUT2D eigenvalue weighted by Gasteiger charge is 2.15. The molecule has 0 bridgehead atoms. The minimum absolute atomic E-state index is 0.239. The molecule has 0 aliphatic heterocycles. The van der Waals surface area contributed by atoms with E-state index in [1.165, 1.54) is 0 Å². The van der Waals surface area contributed by atoms with E-state index in [1.807, 2.05) is 62.4 Å². The molecule has 0 aliphatic carbocycles. The molecule has 2 aromatic carbocycles. The van der Waals surface area contributed by atoms with Crippen molar-refractivity contribution >= 4 is 16.9 Å². The molecule has 0 aliphatic rings. The smallest absolute Gasteiger partial charge is 0.220 e. The van der Waals surface area contributed by atoms with E-state index >= 15 is 0 Å². The van der Waals surface area contributed by atoms with E-state index in [2.05, 4.69) is 20.3 Å². The van der Waals surface area contributed by atoms with Crippen LogP contribution in [0, 0.1) is 13.8 Å². The largest absolute Gasteiger partial charge is 0.368 e. The Balaban J connectivity index is 1.57. The van der Waals surface area contributed by atoms with Gasteiger partial charge in [-0.1, -0.05) is 40.6 Å². The molecule has 7 nitrogen and oxygen atoms in total. The Morgan fingerprint density at radius 3 is 2.31 bits per heavy atom. The number of hydrogen-bond acceptors (Lipinski definition) is 7. The first-order chi connectivity index (χ1) is 14.1. The molecule has 0 atom stereocenters. The second-order valence-corrected chi connectivity index (χ2v) is 6.82. The zero-order valence-electron chi connectivity index (χ0n) is 15.9. The van der Waals surface area contributed by atoms with Gasteiger partial charge in [0.15, 0.2) is 5.76 Å². The maximum atomic E-state index is 5.72. The van der Waals surface area contributed by atoms with Crippen LogP contribution in [0.1, 0.15) is 11.5 Å². The van der Waals surface area contributed by atoms with Crippen LogP contribution in [-0.2, 0) is 0 Å². The van der Waals surface area contributed by atoms with Gasteiger partial charge in [-0.3, -0.25) is 0 Å². The summed E-state index contributed by atoms with van der Waals surface area (Å²) in [6.07, 6.45) is 1.64. The lowest BCUT2D eigenvalue weighted by molar-refractivity contribution is 0.393. The summed E-state index contributed by atoms with van der Waals surface area (Å²) in [5.74, 6) is 1.74. The van der Waals surface area contributed by atoms with E-state index in [1.54, 1.807) is 6.20 Å². The molecule has 142 valence electrons. The lowest BCUT2D eigenvalue weighted by Gasteiger charge is -2.04. The van der Waals surface area contributed by atoms with Crippen LogP contribution >= 0.6 is 0 Å². The van der Waals surface area contributed by atoms with Gasteiger partial charge in [0.05, 0.1) is 16.8 Å². The van der Waals surface area contributed by atoms with Gasteiger partial charge in [-0.15, -0.1) is 0 Å². The minimum atomic E-state index is 0.239. The van der Waals surface area contributed by atoms with Crippen LogP contribution < -0.4 is 5.73 Å². The third-order valence-corrected chi connectivity index (χ3v) is 4.92. The van der Waals surface area contributed by atoms with Crippen molar-refractivity contribution in [1.82, 2.24) is 20.3 Å². The van der Waals surface area contributed by atoms with E-state index in [9.17, 15) is 0 Å². The third-order valence-electron chi connectivity index (χ3n) is 4.92. The summed E-state index contributed by atoms with van der Waals surface area (Å²) >= 11 is 0. The fraction of sp³-hybridized carbons (Fsp3) is 0.0909. The molecule has 5 aromatic rings. The second-order valence-electron chi connectivity index (χ2n) is 6.82. The summed E-state index contributed by atoms with van der Waals surface area (Å²) in [4.78, 5) is 8.24. The summed E-state index contributed by atoms with van der Waals surface area (Å²) in [5, 5.41) is 9.13. The Bertz CT molecular complexity index is 1320. The molecule has 7 heteroatoms. The van der Waals surface area contributed by atoms with Crippen LogP contribution in [-0.4, -0.2) is 20.3 Å². The number of aryl methyl sites for hydroxylation is 2. The Morgan fingerprint density at radius 2 is 1.59 bits per heavy atom. The number of nitrogens with zero attached hydrogens (tertiary/aromatic N) is 4. The zero-order chi connectivity index (χ0) is 20.0. The molecule has 0 saturated heterocycles. The first-order valence-corrected chi connectivity index (χ1v) is 9.12. The van der Waals surface area contributed by atoms with Gasteiger partial charge in [-0.05, 0) is 37.6 Å². The SMILES string of the molecule is Cc1noc(C)c1-c1ccc(-c2onc3ccc(-c4ccnc(N)n4)cc23)cc1. The number of anilines is 1. The lowest BCUT2D eigenvalue weighted by Crippen LogP contribution is -1.95. The quantitative estimate of drug-likeness (QED) is 0.477. The van der Waals surface area contributed by atoms with Crippen molar-refractivity contribution in [1.29, 1.82) is 0 Å². The number of rotatable bonds is 3. The van der Waals surface area contributed by atoms with Gasteiger partial charge in [-0.2, -0.15) is 0 Å². The molecule has 3 aromatic heterocycles. The molecule has 0 saturated carbocycles. The van der Waals surface area contributed by atoms with Crippen molar-refractivity contribution in [3.8, 4) is 33.7 Å². The molecular weight excluding hydrogens is 366 g/mol. The molecule has 29 heavy (non-hydrogen) atoms. The van der Waals surface area contributed by atoms with E-state index in [0.29, 0.717) is 5.76 Å². The first kappa shape index (κ1) is 17.1. The van der Waals surface area contributed by atoms with Crippen molar-refractivity contribution in [2.24, 2.45) is 0 Å². The summed E-state index contributed by atoms with van der Waals surface area (Å²) in [6, 6.07) is 15.8. The molecule has 0 unspecified atom stereocenters. The van der Waals surface area contributed by atoms with Crippen molar-refractivity contribution in [3.63, 3.8) is 0 Å². The van der Waals surface area contributed by atoms with Crippen LogP contribution in [0.15, 0.2) is 63.8 Å². The van der Waals surface area contributed by atoms with Gasteiger partial charge in [0.2, 0.25) is 5.95 Å². The zero-order valence-corrected chi connectivity index (χ0v) is 15.9. The van der Waals surface area contributed by atoms with Crippen LogP contribution in [0.3, 0.4) is 0 Å². The number of aromatic nitrogens is 4. The molecule has 0 fully saturated rings. The minimum Gasteiger partial charge on any atom is -0.368 e. The maximum Gasteiger partial charge on any atom is 0.220 e. The Labute approximate surface area is 166 Å². The number of benzene rings is 2. The molecular formula is C22H17N5O2. The standard InChI is InChI=1S/C22H17N5O2/c1-12-20(13(2)28-26-12)14-3-5-15(6-4-14)21-17-11-16(7-8-19(17)27-29-21)18-9-10-24-22(23)25-18/h3-11H,1-2H3,(H2,23,24,25). The molecule has 0 radical (unpaired) electrons. The highest BCUT2D eigenvalue weighted by Crippen LogP contribution is 2.34. The number of fused-ring (bicyclic) bond motifs is 1. The summed E-state index contributed by atoms with van der Waals surface area (Å²) in [5.41, 5.74) is 12.0. The van der Waals surface area contributed by atoms with Gasteiger partial charge < -0.3 is 14.8 Å². The predicted octanol–water partition coefficient (Wildman–Crippen LogP) is 4.81. The molecule has 5 rings (SSSR count). The molecule has 0 amide bonds. The maximum absolute atomic E-state index is 5.72. The van der Waals surface area contributed by atoms with E-state index in [0.717, 1.165) is 50.3 Å². The van der Waals surface area contributed by atoms with Crippen LogP contribution in [0.5, 0.6) is 0 Å². The van der Waals surface area contributed by atoms with Gasteiger partial charge in [-0.25, -0.2) is 9.97 Å². The lowest BCUT2D eigenvalue weighted by atomic mass is 10.00.